The van der Waals surface area contributed by atoms with Gasteiger partial charge in [0.1, 0.15) is 5.78 Å². The lowest BCUT2D eigenvalue weighted by Gasteiger charge is -2.26. The molecule has 0 bridgehead atoms. The van der Waals surface area contributed by atoms with Crippen LogP contribution in [0.1, 0.15) is 39.0 Å². The molecular weight excluding hydrogens is 248 g/mol. The maximum atomic E-state index is 11.9. The molecule has 0 unspecified atom stereocenters. The highest BCUT2D eigenvalue weighted by molar-refractivity contribution is 7.92. The monoisotopic (exact) mass is 266 g/mol. The lowest BCUT2D eigenvalue weighted by molar-refractivity contribution is -0.121. The fourth-order valence-electron chi connectivity index (χ4n) is 2.25. The van der Waals surface area contributed by atoms with Gasteiger partial charge in [-0.3, -0.25) is 4.79 Å². The molecule has 5 heteroatoms. The van der Waals surface area contributed by atoms with Crippen LogP contribution in [0.3, 0.4) is 0 Å². The van der Waals surface area contributed by atoms with Gasteiger partial charge in [-0.05, 0) is 39.0 Å². The van der Waals surface area contributed by atoms with Crippen molar-refractivity contribution >= 4 is 27.2 Å². The van der Waals surface area contributed by atoms with Crippen LogP contribution in [-0.2, 0) is 14.6 Å². The second-order valence-electron chi connectivity index (χ2n) is 4.49. The molecule has 0 amide bonds. The van der Waals surface area contributed by atoms with Gasteiger partial charge in [0, 0.05) is 11.8 Å². The van der Waals surface area contributed by atoms with Crippen LogP contribution >= 0.6 is 11.6 Å². The van der Waals surface area contributed by atoms with Gasteiger partial charge in [0.05, 0.1) is 11.0 Å². The summed E-state index contributed by atoms with van der Waals surface area (Å²) in [5.74, 6) is 0.851. The average molecular weight is 267 g/mol. The van der Waals surface area contributed by atoms with E-state index in [0.717, 1.165) is 12.8 Å². The Bertz CT molecular complexity index is 329. The van der Waals surface area contributed by atoms with Gasteiger partial charge in [0.25, 0.3) is 0 Å². The molecule has 1 rings (SSSR count). The Hall–Kier alpha value is -0.0900. The van der Waals surface area contributed by atoms with E-state index in [1.54, 1.807) is 6.92 Å². The van der Waals surface area contributed by atoms with Crippen molar-refractivity contribution in [2.24, 2.45) is 5.92 Å². The number of rotatable bonds is 5. The van der Waals surface area contributed by atoms with Gasteiger partial charge >= 0.3 is 0 Å². The Morgan fingerprint density at radius 3 is 2.25 bits per heavy atom. The van der Waals surface area contributed by atoms with Crippen molar-refractivity contribution in [2.75, 3.05) is 11.6 Å². The fraction of sp³-hybridized carbons (Fsp3) is 0.909. The number of carbonyl (C=O) groups excluding carboxylic acids is 1. The molecule has 0 atom stereocenters. The molecule has 0 aromatic heterocycles. The summed E-state index contributed by atoms with van der Waals surface area (Å²) in [6.07, 6.45) is 3.24. The lowest BCUT2D eigenvalue weighted by atomic mass is 9.86. The zero-order valence-electron chi connectivity index (χ0n) is 9.62. The predicted octanol–water partition coefficient (Wildman–Crippen LogP) is 2.18. The van der Waals surface area contributed by atoms with Gasteiger partial charge in [-0.2, -0.15) is 0 Å². The van der Waals surface area contributed by atoms with Crippen LogP contribution in [0.2, 0.25) is 0 Å². The molecule has 0 aliphatic heterocycles. The lowest BCUT2D eigenvalue weighted by Crippen LogP contribution is -2.31. The Kier molecular flexibility index (Phi) is 5.25. The number of alkyl halides is 1. The molecular formula is C11H19ClO3S. The maximum absolute atomic E-state index is 11.9. The third-order valence-corrected chi connectivity index (χ3v) is 5.93. The van der Waals surface area contributed by atoms with Gasteiger partial charge in [-0.25, -0.2) is 8.42 Å². The Balaban J connectivity index is 2.50. The zero-order valence-corrected chi connectivity index (χ0v) is 11.2. The molecule has 0 heterocycles. The van der Waals surface area contributed by atoms with E-state index in [-0.39, 0.29) is 22.7 Å². The van der Waals surface area contributed by atoms with Crippen LogP contribution in [0.5, 0.6) is 0 Å². The standard InChI is InChI=1S/C11H19ClO3S/c1-9(13)10-3-5-11(6-4-10)16(14,15)8-2-7-12/h10-11H,2-8H2,1H3. The summed E-state index contributed by atoms with van der Waals surface area (Å²) < 4.78 is 23.8. The van der Waals surface area contributed by atoms with Gasteiger partial charge in [-0.1, -0.05) is 0 Å². The highest BCUT2D eigenvalue weighted by Gasteiger charge is 2.31. The molecule has 0 spiro atoms. The summed E-state index contributed by atoms with van der Waals surface area (Å²) in [4.78, 5) is 11.2. The van der Waals surface area contributed by atoms with Crippen molar-refractivity contribution in [3.8, 4) is 0 Å². The van der Waals surface area contributed by atoms with Gasteiger partial charge in [-0.15, -0.1) is 11.6 Å². The second-order valence-corrected chi connectivity index (χ2v) is 7.27. The van der Waals surface area contributed by atoms with Gasteiger partial charge in [0.15, 0.2) is 9.84 Å². The zero-order chi connectivity index (χ0) is 12.2. The Morgan fingerprint density at radius 2 is 1.81 bits per heavy atom. The molecule has 1 saturated carbocycles. The van der Waals surface area contributed by atoms with Crippen molar-refractivity contribution in [1.29, 1.82) is 0 Å². The first-order valence-electron chi connectivity index (χ1n) is 5.75. The van der Waals surface area contributed by atoms with Crippen LogP contribution in [0.15, 0.2) is 0 Å². The van der Waals surface area contributed by atoms with E-state index in [1.165, 1.54) is 0 Å². The minimum atomic E-state index is -2.99. The maximum Gasteiger partial charge on any atom is 0.153 e. The van der Waals surface area contributed by atoms with Crippen molar-refractivity contribution < 1.29 is 13.2 Å². The molecule has 0 N–H and O–H groups in total. The summed E-state index contributed by atoms with van der Waals surface area (Å²) in [7, 11) is -2.99. The first-order chi connectivity index (χ1) is 7.47. The molecule has 0 saturated heterocycles. The van der Waals surface area contributed by atoms with E-state index in [2.05, 4.69) is 0 Å². The quantitative estimate of drug-likeness (QED) is 0.717. The Labute approximate surface area is 102 Å². The molecule has 0 aromatic rings. The number of sulfone groups is 1. The number of Topliss-reactive ketones (excluding diaryl/α,β-unsaturated/α-hetero) is 1. The minimum Gasteiger partial charge on any atom is -0.300 e. The molecule has 94 valence electrons. The highest BCUT2D eigenvalue weighted by atomic mass is 35.5. The number of hydrogen-bond donors (Lipinski definition) is 0. The van der Waals surface area contributed by atoms with Crippen LogP contribution in [0.4, 0.5) is 0 Å². The van der Waals surface area contributed by atoms with E-state index >= 15 is 0 Å². The molecule has 1 aliphatic carbocycles. The molecule has 3 nitrogen and oxygen atoms in total. The van der Waals surface area contributed by atoms with Crippen molar-refractivity contribution in [3.63, 3.8) is 0 Å². The molecule has 0 radical (unpaired) electrons. The van der Waals surface area contributed by atoms with E-state index in [1.807, 2.05) is 0 Å². The molecule has 1 aliphatic rings. The van der Waals surface area contributed by atoms with E-state index < -0.39 is 9.84 Å². The largest absolute Gasteiger partial charge is 0.300 e. The summed E-state index contributed by atoms with van der Waals surface area (Å²) in [5, 5.41) is -0.244. The SMILES string of the molecule is CC(=O)C1CCC(S(=O)(=O)CCCCl)CC1. The third kappa shape index (κ3) is 3.74. The van der Waals surface area contributed by atoms with E-state index in [4.69, 9.17) is 11.6 Å². The number of hydrogen-bond acceptors (Lipinski definition) is 3. The van der Waals surface area contributed by atoms with Crippen LogP contribution in [0, 0.1) is 5.92 Å². The van der Waals surface area contributed by atoms with E-state index in [0.29, 0.717) is 25.1 Å². The van der Waals surface area contributed by atoms with Crippen LogP contribution in [-0.4, -0.2) is 31.1 Å². The van der Waals surface area contributed by atoms with Gasteiger partial charge in [0.2, 0.25) is 0 Å². The predicted molar refractivity (Wildman–Crippen MR) is 65.6 cm³/mol. The van der Waals surface area contributed by atoms with Crippen molar-refractivity contribution in [3.05, 3.63) is 0 Å². The van der Waals surface area contributed by atoms with Crippen molar-refractivity contribution in [2.45, 2.75) is 44.3 Å². The number of carbonyl (C=O) groups is 1. The highest BCUT2D eigenvalue weighted by Crippen LogP contribution is 2.29. The first kappa shape index (κ1) is 14.0. The third-order valence-electron chi connectivity index (χ3n) is 3.32. The van der Waals surface area contributed by atoms with Crippen molar-refractivity contribution in [1.82, 2.24) is 0 Å². The smallest absolute Gasteiger partial charge is 0.153 e. The number of ketones is 1. The summed E-state index contributed by atoms with van der Waals surface area (Å²) in [5.41, 5.74) is 0. The molecule has 16 heavy (non-hydrogen) atoms. The fourth-order valence-corrected chi connectivity index (χ4v) is 4.41. The normalized spacial score (nSPS) is 26.6. The minimum absolute atomic E-state index is 0.0828. The second kappa shape index (κ2) is 6.01. The molecule has 1 fully saturated rings. The number of halogens is 1. The summed E-state index contributed by atoms with van der Waals surface area (Å²) >= 11 is 5.50. The summed E-state index contributed by atoms with van der Waals surface area (Å²) in [6, 6.07) is 0. The first-order valence-corrected chi connectivity index (χ1v) is 8.00. The topological polar surface area (TPSA) is 51.2 Å². The van der Waals surface area contributed by atoms with Gasteiger partial charge < -0.3 is 0 Å². The van der Waals surface area contributed by atoms with E-state index in [9.17, 15) is 13.2 Å². The summed E-state index contributed by atoms with van der Waals surface area (Å²) in [6.45, 7) is 1.59. The Morgan fingerprint density at radius 1 is 1.25 bits per heavy atom. The molecule has 0 aromatic carbocycles. The average Bonchev–Trinajstić information content (AvgIpc) is 2.26. The van der Waals surface area contributed by atoms with Crippen LogP contribution < -0.4 is 0 Å². The van der Waals surface area contributed by atoms with Crippen LogP contribution in [0.25, 0.3) is 0 Å².